The summed E-state index contributed by atoms with van der Waals surface area (Å²) in [4.78, 5) is 17.6. The molecule has 0 radical (unpaired) electrons. The van der Waals surface area contributed by atoms with Crippen LogP contribution >= 0.6 is 0 Å². The number of carbonyl (C=O) groups is 1. The number of ether oxygens (including phenoxy) is 1. The minimum absolute atomic E-state index is 0.188. The summed E-state index contributed by atoms with van der Waals surface area (Å²) >= 11 is 0. The number of carbonyl (C=O) groups excluding carboxylic acids is 1. The van der Waals surface area contributed by atoms with Crippen LogP contribution in [-0.2, 0) is 17.5 Å². The molecule has 1 aromatic heterocycles. The van der Waals surface area contributed by atoms with Gasteiger partial charge in [-0.15, -0.1) is 0 Å². The molecule has 8 heteroatoms. The summed E-state index contributed by atoms with van der Waals surface area (Å²) < 4.78 is 46.2. The van der Waals surface area contributed by atoms with Crippen molar-refractivity contribution in [2.24, 2.45) is 0 Å². The van der Waals surface area contributed by atoms with E-state index < -0.39 is 24.5 Å². The van der Waals surface area contributed by atoms with E-state index in [0.717, 1.165) is 4.57 Å². The number of methoxy groups -OCH3 is 1. The minimum atomic E-state index is -4.66. The Bertz CT molecular complexity index is 950. The topological polar surface area (TPSA) is 47.4 Å². The average molecular weight is 363 g/mol. The second-order valence-corrected chi connectivity index (χ2v) is 5.63. The van der Waals surface area contributed by atoms with E-state index in [0.29, 0.717) is 11.4 Å². The molecular formula is C18H16F3N3O2. The molecule has 1 heterocycles. The highest BCUT2D eigenvalue weighted by molar-refractivity contribution is 5.95. The normalized spacial score (nSPS) is 11.6. The van der Waals surface area contributed by atoms with Gasteiger partial charge in [0.25, 0.3) is 0 Å². The van der Waals surface area contributed by atoms with Crippen molar-refractivity contribution in [2.75, 3.05) is 19.1 Å². The van der Waals surface area contributed by atoms with E-state index in [9.17, 15) is 18.0 Å². The number of alkyl halides is 3. The molecule has 0 aliphatic carbocycles. The van der Waals surface area contributed by atoms with E-state index in [1.165, 1.54) is 31.2 Å². The molecule has 3 rings (SSSR count). The van der Waals surface area contributed by atoms with Gasteiger partial charge in [0.05, 0.1) is 23.8 Å². The number of likely N-dealkylation sites (N-methyl/N-ethyl adjacent to an activating group) is 1. The fourth-order valence-electron chi connectivity index (χ4n) is 2.73. The second kappa shape index (κ2) is 6.70. The van der Waals surface area contributed by atoms with E-state index in [1.807, 2.05) is 0 Å². The summed E-state index contributed by atoms with van der Waals surface area (Å²) in [6.45, 7) is -0.496. The molecule has 0 bridgehead atoms. The van der Waals surface area contributed by atoms with Crippen LogP contribution in [-0.4, -0.2) is 29.6 Å². The molecule has 5 nitrogen and oxygen atoms in total. The van der Waals surface area contributed by atoms with Gasteiger partial charge in [0.15, 0.2) is 0 Å². The first kappa shape index (κ1) is 17.8. The number of nitrogens with zero attached hydrogens (tertiary/aromatic N) is 3. The van der Waals surface area contributed by atoms with Gasteiger partial charge in [-0.2, -0.15) is 13.2 Å². The third-order valence-corrected chi connectivity index (χ3v) is 4.02. The molecule has 136 valence electrons. The molecule has 1 amide bonds. The molecule has 0 aliphatic heterocycles. The van der Waals surface area contributed by atoms with Gasteiger partial charge < -0.3 is 14.2 Å². The summed E-state index contributed by atoms with van der Waals surface area (Å²) in [6.07, 6.45) is -4.66. The standard InChI is InChI=1S/C18H16F3N3O2/c1-23(14-9-5-6-10-15(14)26-2)16(25)11-24-13-8-4-3-7-12(13)22-17(24)18(19,20)21/h3-10H,11H2,1-2H3. The maximum Gasteiger partial charge on any atom is 0.449 e. The summed E-state index contributed by atoms with van der Waals surface area (Å²) in [5, 5.41) is 0. The van der Waals surface area contributed by atoms with E-state index in [1.54, 1.807) is 36.4 Å². The summed E-state index contributed by atoms with van der Waals surface area (Å²) in [7, 11) is 2.95. The van der Waals surface area contributed by atoms with Crippen LogP contribution in [0.2, 0.25) is 0 Å². The number of para-hydroxylation sites is 4. The predicted molar refractivity (Wildman–Crippen MR) is 91.1 cm³/mol. The van der Waals surface area contributed by atoms with Crippen molar-refractivity contribution in [3.63, 3.8) is 0 Å². The van der Waals surface area contributed by atoms with Crippen LogP contribution in [0.1, 0.15) is 5.82 Å². The zero-order valence-electron chi connectivity index (χ0n) is 14.1. The van der Waals surface area contributed by atoms with E-state index in [2.05, 4.69) is 4.98 Å². The lowest BCUT2D eigenvalue weighted by Crippen LogP contribution is -2.31. The molecule has 0 fully saturated rings. The zero-order valence-corrected chi connectivity index (χ0v) is 14.1. The lowest BCUT2D eigenvalue weighted by molar-refractivity contribution is -0.147. The highest BCUT2D eigenvalue weighted by atomic mass is 19.4. The van der Waals surface area contributed by atoms with Gasteiger partial charge in [0.1, 0.15) is 12.3 Å². The lowest BCUT2D eigenvalue weighted by Gasteiger charge is -2.21. The fourth-order valence-corrected chi connectivity index (χ4v) is 2.73. The molecule has 0 saturated heterocycles. The quantitative estimate of drug-likeness (QED) is 0.710. The number of fused-ring (bicyclic) bond motifs is 1. The largest absolute Gasteiger partial charge is 0.495 e. The van der Waals surface area contributed by atoms with Crippen molar-refractivity contribution in [3.05, 3.63) is 54.4 Å². The van der Waals surface area contributed by atoms with E-state index in [4.69, 9.17) is 4.74 Å². The second-order valence-electron chi connectivity index (χ2n) is 5.63. The van der Waals surface area contributed by atoms with Gasteiger partial charge in [-0.1, -0.05) is 24.3 Å². The Balaban J connectivity index is 1.99. The molecule has 0 unspecified atom stereocenters. The maximum absolute atomic E-state index is 13.4. The number of benzene rings is 2. The van der Waals surface area contributed by atoms with Crippen molar-refractivity contribution in [3.8, 4) is 5.75 Å². The van der Waals surface area contributed by atoms with E-state index in [-0.39, 0.29) is 11.0 Å². The molecule has 0 atom stereocenters. The summed E-state index contributed by atoms with van der Waals surface area (Å²) in [6, 6.07) is 13.0. The monoisotopic (exact) mass is 363 g/mol. The number of imidazole rings is 1. The Morgan fingerprint density at radius 2 is 1.81 bits per heavy atom. The van der Waals surface area contributed by atoms with Crippen molar-refractivity contribution in [2.45, 2.75) is 12.7 Å². The first-order chi connectivity index (χ1) is 12.3. The number of halogens is 3. The van der Waals surface area contributed by atoms with Crippen molar-refractivity contribution in [1.29, 1.82) is 0 Å². The zero-order chi connectivity index (χ0) is 18.9. The third kappa shape index (κ3) is 3.22. The Morgan fingerprint density at radius 1 is 1.15 bits per heavy atom. The first-order valence-corrected chi connectivity index (χ1v) is 7.75. The van der Waals surface area contributed by atoms with Crippen LogP contribution in [0.5, 0.6) is 5.75 Å². The molecule has 0 saturated carbocycles. The van der Waals surface area contributed by atoms with Gasteiger partial charge in [-0.3, -0.25) is 4.79 Å². The molecule has 26 heavy (non-hydrogen) atoms. The van der Waals surface area contributed by atoms with Gasteiger partial charge in [-0.05, 0) is 24.3 Å². The number of amides is 1. The number of hydrogen-bond donors (Lipinski definition) is 0. The van der Waals surface area contributed by atoms with E-state index >= 15 is 0 Å². The molecule has 0 aliphatic rings. The van der Waals surface area contributed by atoms with Crippen molar-refractivity contribution < 1.29 is 22.7 Å². The minimum Gasteiger partial charge on any atom is -0.495 e. The van der Waals surface area contributed by atoms with Crippen LogP contribution in [0.25, 0.3) is 11.0 Å². The highest BCUT2D eigenvalue weighted by Crippen LogP contribution is 2.32. The Hall–Kier alpha value is -3.03. The van der Waals surface area contributed by atoms with Crippen LogP contribution in [0.3, 0.4) is 0 Å². The molecule has 3 aromatic rings. The highest BCUT2D eigenvalue weighted by Gasteiger charge is 2.38. The number of aromatic nitrogens is 2. The van der Waals surface area contributed by atoms with Gasteiger partial charge in [0, 0.05) is 7.05 Å². The smallest absolute Gasteiger partial charge is 0.449 e. The Morgan fingerprint density at radius 3 is 2.50 bits per heavy atom. The maximum atomic E-state index is 13.4. The number of anilines is 1. The average Bonchev–Trinajstić information content (AvgIpc) is 3.00. The van der Waals surface area contributed by atoms with Crippen LogP contribution in [0, 0.1) is 0 Å². The summed E-state index contributed by atoms with van der Waals surface area (Å²) in [5.41, 5.74) is 0.909. The van der Waals surface area contributed by atoms with Gasteiger partial charge >= 0.3 is 6.18 Å². The van der Waals surface area contributed by atoms with Gasteiger partial charge in [-0.25, -0.2) is 4.98 Å². The number of hydrogen-bond acceptors (Lipinski definition) is 3. The van der Waals surface area contributed by atoms with Crippen LogP contribution in [0.15, 0.2) is 48.5 Å². The molecule has 2 aromatic carbocycles. The molecule has 0 spiro atoms. The van der Waals surface area contributed by atoms with Crippen LogP contribution in [0.4, 0.5) is 18.9 Å². The van der Waals surface area contributed by atoms with Gasteiger partial charge in [0.2, 0.25) is 11.7 Å². The molecular weight excluding hydrogens is 347 g/mol. The Kier molecular flexibility index (Phi) is 4.58. The summed E-state index contributed by atoms with van der Waals surface area (Å²) in [5.74, 6) is -1.17. The third-order valence-electron chi connectivity index (χ3n) is 4.02. The van der Waals surface area contributed by atoms with Crippen molar-refractivity contribution >= 4 is 22.6 Å². The number of rotatable bonds is 4. The van der Waals surface area contributed by atoms with Crippen molar-refractivity contribution in [1.82, 2.24) is 9.55 Å². The molecule has 0 N–H and O–H groups in total. The predicted octanol–water partition coefficient (Wildman–Crippen LogP) is 3.73. The fraction of sp³-hybridized carbons (Fsp3) is 0.222. The van der Waals surface area contributed by atoms with Crippen LogP contribution < -0.4 is 9.64 Å². The lowest BCUT2D eigenvalue weighted by atomic mass is 10.2. The Labute approximate surface area is 147 Å². The SMILES string of the molecule is COc1ccccc1N(C)C(=O)Cn1c(C(F)(F)F)nc2ccccc21. The first-order valence-electron chi connectivity index (χ1n) is 7.75.